The van der Waals surface area contributed by atoms with Crippen molar-refractivity contribution in [3.05, 3.63) is 53.4 Å². The lowest BCUT2D eigenvalue weighted by Gasteiger charge is -2.30. The van der Waals surface area contributed by atoms with E-state index in [9.17, 15) is 9.59 Å². The van der Waals surface area contributed by atoms with E-state index in [0.29, 0.717) is 61.4 Å². The van der Waals surface area contributed by atoms with Crippen molar-refractivity contribution in [2.45, 2.75) is 26.3 Å². The molecule has 0 bridgehead atoms. The first kappa shape index (κ1) is 25.2. The highest BCUT2D eigenvalue weighted by atomic mass is 16.5. The van der Waals surface area contributed by atoms with Crippen molar-refractivity contribution >= 4 is 17.6 Å². The lowest BCUT2D eigenvalue weighted by molar-refractivity contribution is -0.121. The third-order valence-electron chi connectivity index (χ3n) is 6.25. The molecule has 190 valence electrons. The zero-order chi connectivity index (χ0) is 25.7. The quantitative estimate of drug-likeness (QED) is 0.468. The van der Waals surface area contributed by atoms with E-state index >= 15 is 0 Å². The second-order valence-electron chi connectivity index (χ2n) is 8.67. The van der Waals surface area contributed by atoms with E-state index in [0.717, 1.165) is 11.1 Å². The number of carbonyl (C=O) groups excluding carboxylic acids is 2. The Labute approximate surface area is 209 Å². The number of amides is 1. The van der Waals surface area contributed by atoms with Gasteiger partial charge in [-0.15, -0.1) is 0 Å². The van der Waals surface area contributed by atoms with E-state index in [1.807, 2.05) is 31.2 Å². The predicted molar refractivity (Wildman–Crippen MR) is 132 cm³/mol. The van der Waals surface area contributed by atoms with Gasteiger partial charge in [-0.1, -0.05) is 28.9 Å². The molecule has 0 aliphatic carbocycles. The van der Waals surface area contributed by atoms with Crippen LogP contribution in [-0.2, 0) is 16.1 Å². The lowest BCUT2D eigenvalue weighted by atomic mass is 9.95. The average Bonchev–Trinajstić information content (AvgIpc) is 3.36. The fourth-order valence-corrected chi connectivity index (χ4v) is 4.26. The number of aromatic nitrogens is 2. The van der Waals surface area contributed by atoms with Gasteiger partial charge >= 0.3 is 5.97 Å². The summed E-state index contributed by atoms with van der Waals surface area (Å²) < 4.78 is 20.9. The SMILES string of the molecule is COC(=O)c1cc(OC)c(OC)cc1NC(=O)C1CCN(Cc2nc(-c3cccc(C)c3)no2)CC1. The number of ether oxygens (including phenoxy) is 3. The standard InChI is InChI=1S/C26H30N4O6/c1-16-6-5-7-18(12-16)24-28-23(36-29-24)15-30-10-8-17(9-11-30)25(31)27-20-14-22(34-3)21(33-2)13-19(20)26(32)35-4/h5-7,12-14,17H,8-11,15H2,1-4H3,(H,27,31). The van der Waals surface area contributed by atoms with E-state index in [1.54, 1.807) is 6.07 Å². The van der Waals surface area contributed by atoms with Crippen LogP contribution >= 0.6 is 0 Å². The molecule has 0 unspecified atom stereocenters. The summed E-state index contributed by atoms with van der Waals surface area (Å²) in [5, 5.41) is 6.98. The number of nitrogens with one attached hydrogen (secondary N) is 1. The van der Waals surface area contributed by atoms with Crippen LogP contribution < -0.4 is 14.8 Å². The maximum atomic E-state index is 13.0. The molecule has 1 fully saturated rings. The summed E-state index contributed by atoms with van der Waals surface area (Å²) in [6.45, 7) is 3.95. The monoisotopic (exact) mass is 494 g/mol. The molecule has 3 aromatic rings. The Kier molecular flexibility index (Phi) is 7.84. The van der Waals surface area contributed by atoms with Crippen LogP contribution in [0.4, 0.5) is 5.69 Å². The normalized spacial score (nSPS) is 14.3. The van der Waals surface area contributed by atoms with Gasteiger partial charge in [-0.25, -0.2) is 4.79 Å². The smallest absolute Gasteiger partial charge is 0.340 e. The molecular formula is C26H30N4O6. The molecule has 1 N–H and O–H groups in total. The zero-order valence-corrected chi connectivity index (χ0v) is 20.9. The molecule has 10 nitrogen and oxygen atoms in total. The summed E-state index contributed by atoms with van der Waals surface area (Å²) in [4.78, 5) is 32.0. The topological polar surface area (TPSA) is 116 Å². The number of esters is 1. The second kappa shape index (κ2) is 11.2. The number of piperidine rings is 1. The summed E-state index contributed by atoms with van der Waals surface area (Å²) in [5.74, 6) is 0.944. The van der Waals surface area contributed by atoms with Crippen molar-refractivity contribution in [3.8, 4) is 22.9 Å². The van der Waals surface area contributed by atoms with E-state index in [-0.39, 0.29) is 17.4 Å². The maximum absolute atomic E-state index is 13.0. The van der Waals surface area contributed by atoms with E-state index in [2.05, 4.69) is 20.4 Å². The minimum Gasteiger partial charge on any atom is -0.493 e. The van der Waals surface area contributed by atoms with Crippen molar-refractivity contribution in [2.75, 3.05) is 39.7 Å². The van der Waals surface area contributed by atoms with Crippen LogP contribution in [0.3, 0.4) is 0 Å². The average molecular weight is 495 g/mol. The number of anilines is 1. The summed E-state index contributed by atoms with van der Waals surface area (Å²) in [6.07, 6.45) is 1.32. The first-order valence-electron chi connectivity index (χ1n) is 11.7. The number of aryl methyl sites for hydroxylation is 1. The minimum atomic E-state index is -0.578. The largest absolute Gasteiger partial charge is 0.493 e. The fourth-order valence-electron chi connectivity index (χ4n) is 4.26. The van der Waals surface area contributed by atoms with Crippen molar-refractivity contribution in [3.63, 3.8) is 0 Å². The van der Waals surface area contributed by atoms with Gasteiger partial charge in [-0.05, 0) is 38.9 Å². The third kappa shape index (κ3) is 5.65. The summed E-state index contributed by atoms with van der Waals surface area (Å²) in [6, 6.07) is 11.0. The molecular weight excluding hydrogens is 464 g/mol. The molecule has 0 atom stereocenters. The van der Waals surface area contributed by atoms with Gasteiger partial charge in [0, 0.05) is 23.6 Å². The summed E-state index contributed by atoms with van der Waals surface area (Å²) in [5.41, 5.74) is 2.57. The molecule has 2 heterocycles. The van der Waals surface area contributed by atoms with Gasteiger partial charge in [0.05, 0.1) is 39.1 Å². The third-order valence-corrected chi connectivity index (χ3v) is 6.25. The van der Waals surface area contributed by atoms with Gasteiger partial charge in [0.1, 0.15) is 0 Å². The van der Waals surface area contributed by atoms with Gasteiger partial charge in [-0.2, -0.15) is 4.98 Å². The van der Waals surface area contributed by atoms with Gasteiger partial charge in [-0.3, -0.25) is 9.69 Å². The Balaban J connectivity index is 1.37. The van der Waals surface area contributed by atoms with Crippen LogP contribution in [0.2, 0.25) is 0 Å². The Morgan fingerprint density at radius 3 is 2.47 bits per heavy atom. The van der Waals surface area contributed by atoms with E-state index in [4.69, 9.17) is 18.7 Å². The van der Waals surface area contributed by atoms with Gasteiger partial charge in [0.15, 0.2) is 11.5 Å². The molecule has 36 heavy (non-hydrogen) atoms. The Morgan fingerprint density at radius 2 is 1.81 bits per heavy atom. The Morgan fingerprint density at radius 1 is 1.08 bits per heavy atom. The number of nitrogens with zero attached hydrogens (tertiary/aromatic N) is 3. The predicted octanol–water partition coefficient (Wildman–Crippen LogP) is 3.70. The van der Waals surface area contributed by atoms with Crippen molar-refractivity contribution < 1.29 is 28.3 Å². The molecule has 0 radical (unpaired) electrons. The van der Waals surface area contributed by atoms with Crippen LogP contribution in [-0.4, -0.2) is 61.3 Å². The number of hydrogen-bond donors (Lipinski definition) is 1. The maximum Gasteiger partial charge on any atom is 0.340 e. The molecule has 1 aliphatic rings. The molecule has 1 aliphatic heterocycles. The second-order valence-corrected chi connectivity index (χ2v) is 8.67. The molecule has 4 rings (SSSR count). The minimum absolute atomic E-state index is 0.161. The number of benzene rings is 2. The van der Waals surface area contributed by atoms with Crippen LogP contribution in [0.15, 0.2) is 40.9 Å². The van der Waals surface area contributed by atoms with Crippen LogP contribution in [0, 0.1) is 12.8 Å². The molecule has 2 aromatic carbocycles. The fraction of sp³-hybridized carbons (Fsp3) is 0.385. The molecule has 0 saturated carbocycles. The summed E-state index contributed by atoms with van der Waals surface area (Å²) in [7, 11) is 4.25. The number of hydrogen-bond acceptors (Lipinski definition) is 9. The Hall–Kier alpha value is -3.92. The van der Waals surface area contributed by atoms with Crippen LogP contribution in [0.25, 0.3) is 11.4 Å². The van der Waals surface area contributed by atoms with Crippen LogP contribution in [0.5, 0.6) is 11.5 Å². The molecule has 10 heteroatoms. The van der Waals surface area contributed by atoms with Crippen molar-refractivity contribution in [1.82, 2.24) is 15.0 Å². The number of methoxy groups -OCH3 is 3. The van der Waals surface area contributed by atoms with Crippen LogP contribution in [0.1, 0.15) is 34.7 Å². The zero-order valence-electron chi connectivity index (χ0n) is 20.9. The van der Waals surface area contributed by atoms with E-state index < -0.39 is 5.97 Å². The highest BCUT2D eigenvalue weighted by Gasteiger charge is 2.28. The molecule has 0 spiro atoms. The van der Waals surface area contributed by atoms with Gasteiger partial charge < -0.3 is 24.1 Å². The molecule has 1 aromatic heterocycles. The highest BCUT2D eigenvalue weighted by Crippen LogP contribution is 2.34. The van der Waals surface area contributed by atoms with Crippen molar-refractivity contribution in [1.29, 1.82) is 0 Å². The first-order chi connectivity index (χ1) is 17.4. The first-order valence-corrected chi connectivity index (χ1v) is 11.7. The summed E-state index contributed by atoms with van der Waals surface area (Å²) >= 11 is 0. The lowest BCUT2D eigenvalue weighted by Crippen LogP contribution is -2.38. The molecule has 1 amide bonds. The van der Waals surface area contributed by atoms with E-state index in [1.165, 1.54) is 27.4 Å². The number of rotatable bonds is 8. The number of likely N-dealkylation sites (tertiary alicyclic amines) is 1. The van der Waals surface area contributed by atoms with Gasteiger partial charge in [0.25, 0.3) is 0 Å². The number of carbonyl (C=O) groups is 2. The van der Waals surface area contributed by atoms with Gasteiger partial charge in [0.2, 0.25) is 17.6 Å². The Bertz CT molecular complexity index is 1230. The van der Waals surface area contributed by atoms with Crippen molar-refractivity contribution in [2.24, 2.45) is 5.92 Å². The highest BCUT2D eigenvalue weighted by molar-refractivity contribution is 6.02. The molecule has 1 saturated heterocycles.